The summed E-state index contributed by atoms with van der Waals surface area (Å²) in [4.78, 5) is -0.145. The van der Waals surface area contributed by atoms with Gasteiger partial charge in [-0.05, 0) is 31.2 Å². The number of hydrogen-bond acceptors (Lipinski definition) is 4. The molecule has 0 fully saturated rings. The molecule has 1 aromatic carbocycles. The molecule has 0 radical (unpaired) electrons. The van der Waals surface area contributed by atoms with Gasteiger partial charge in [-0.15, -0.1) is 0 Å². The fraction of sp³-hybridized carbons (Fsp3) is 0.308. The van der Waals surface area contributed by atoms with E-state index in [4.69, 9.17) is 4.74 Å². The Balaban J connectivity index is 2.12. The van der Waals surface area contributed by atoms with Crippen molar-refractivity contribution in [2.24, 2.45) is 0 Å². The quantitative estimate of drug-likeness (QED) is 0.875. The molecule has 8 heteroatoms. The van der Waals surface area contributed by atoms with Gasteiger partial charge in [0.05, 0.1) is 18.6 Å². The van der Waals surface area contributed by atoms with E-state index in [0.29, 0.717) is 6.54 Å². The van der Waals surface area contributed by atoms with Crippen molar-refractivity contribution in [3.8, 4) is 5.75 Å². The number of nitrogens with one attached hydrogen (secondary N) is 1. The van der Waals surface area contributed by atoms with Crippen molar-refractivity contribution in [1.29, 1.82) is 0 Å². The van der Waals surface area contributed by atoms with Gasteiger partial charge in [0, 0.05) is 18.4 Å². The molecule has 6 nitrogen and oxygen atoms in total. The van der Waals surface area contributed by atoms with E-state index in [1.165, 1.54) is 19.2 Å². The Labute approximate surface area is 122 Å². The maximum absolute atomic E-state index is 13.6. The van der Waals surface area contributed by atoms with Crippen LogP contribution < -0.4 is 9.46 Å². The summed E-state index contributed by atoms with van der Waals surface area (Å²) in [6, 6.07) is 4.87. The highest BCUT2D eigenvalue weighted by Crippen LogP contribution is 2.20. The molecule has 0 aliphatic heterocycles. The molecular formula is C13H16FN3O3S. The SMILES string of the molecule is COc1ccc(S(=O)(=O)N[C@H](C)Cn2cccn2)cc1F. The first-order chi connectivity index (χ1) is 9.92. The van der Waals surface area contributed by atoms with Crippen molar-refractivity contribution >= 4 is 10.0 Å². The number of benzene rings is 1. The first kappa shape index (κ1) is 15.5. The van der Waals surface area contributed by atoms with Gasteiger partial charge in [-0.1, -0.05) is 0 Å². The average Bonchev–Trinajstić information content (AvgIpc) is 2.90. The van der Waals surface area contributed by atoms with Crippen LogP contribution in [-0.4, -0.2) is 31.3 Å². The van der Waals surface area contributed by atoms with Crippen LogP contribution in [0.1, 0.15) is 6.92 Å². The third-order valence-corrected chi connectivity index (χ3v) is 4.40. The Morgan fingerprint density at radius 2 is 2.24 bits per heavy atom. The molecule has 2 aromatic rings. The molecular weight excluding hydrogens is 297 g/mol. The largest absolute Gasteiger partial charge is 0.494 e. The van der Waals surface area contributed by atoms with Crippen molar-refractivity contribution in [2.45, 2.75) is 24.4 Å². The van der Waals surface area contributed by atoms with Gasteiger partial charge in [-0.3, -0.25) is 4.68 Å². The molecule has 1 heterocycles. The van der Waals surface area contributed by atoms with Crippen molar-refractivity contribution in [3.63, 3.8) is 0 Å². The Kier molecular flexibility index (Phi) is 4.59. The van der Waals surface area contributed by atoms with Crippen LogP contribution >= 0.6 is 0 Å². The van der Waals surface area contributed by atoms with Crippen LogP contribution in [0, 0.1) is 5.82 Å². The third-order valence-electron chi connectivity index (χ3n) is 2.81. The molecule has 1 atom stereocenters. The van der Waals surface area contributed by atoms with Crippen molar-refractivity contribution in [3.05, 3.63) is 42.5 Å². The predicted molar refractivity (Wildman–Crippen MR) is 75.0 cm³/mol. The maximum atomic E-state index is 13.6. The highest BCUT2D eigenvalue weighted by Gasteiger charge is 2.19. The van der Waals surface area contributed by atoms with Gasteiger partial charge < -0.3 is 4.74 Å². The fourth-order valence-electron chi connectivity index (χ4n) is 1.87. The summed E-state index contributed by atoms with van der Waals surface area (Å²) >= 11 is 0. The van der Waals surface area contributed by atoms with E-state index >= 15 is 0 Å². The monoisotopic (exact) mass is 313 g/mol. The lowest BCUT2D eigenvalue weighted by atomic mass is 10.3. The van der Waals surface area contributed by atoms with E-state index in [2.05, 4.69) is 9.82 Å². The number of halogens is 1. The number of aromatic nitrogens is 2. The van der Waals surface area contributed by atoms with Gasteiger partial charge in [0.15, 0.2) is 11.6 Å². The predicted octanol–water partition coefficient (Wildman–Crippen LogP) is 1.40. The van der Waals surface area contributed by atoms with E-state index in [9.17, 15) is 12.8 Å². The standard InChI is InChI=1S/C13H16FN3O3S/c1-10(9-17-7-3-6-15-17)16-21(18,19)11-4-5-13(20-2)12(14)8-11/h3-8,10,16H,9H2,1-2H3/t10-/m1/s1. The second kappa shape index (κ2) is 6.23. The second-order valence-electron chi connectivity index (χ2n) is 4.55. The molecule has 0 aliphatic rings. The highest BCUT2D eigenvalue weighted by atomic mass is 32.2. The zero-order valence-corrected chi connectivity index (χ0v) is 12.5. The molecule has 21 heavy (non-hydrogen) atoms. The molecule has 0 saturated carbocycles. The molecule has 1 aromatic heterocycles. The lowest BCUT2D eigenvalue weighted by molar-refractivity contribution is 0.385. The number of sulfonamides is 1. The number of nitrogens with zero attached hydrogens (tertiary/aromatic N) is 2. The fourth-order valence-corrected chi connectivity index (χ4v) is 3.12. The van der Waals surface area contributed by atoms with Gasteiger partial charge in [-0.25, -0.2) is 17.5 Å². The number of ether oxygens (including phenoxy) is 1. The lowest BCUT2D eigenvalue weighted by Crippen LogP contribution is -2.35. The molecule has 1 N–H and O–H groups in total. The van der Waals surface area contributed by atoms with Crippen LogP contribution in [0.15, 0.2) is 41.6 Å². The summed E-state index contributed by atoms with van der Waals surface area (Å²) in [7, 11) is -2.48. The minimum absolute atomic E-state index is 0.00135. The Hall–Kier alpha value is -1.93. The summed E-state index contributed by atoms with van der Waals surface area (Å²) in [6.07, 6.45) is 3.35. The maximum Gasteiger partial charge on any atom is 0.240 e. The van der Waals surface area contributed by atoms with E-state index < -0.39 is 15.8 Å². The molecule has 2 rings (SSSR count). The Morgan fingerprint density at radius 1 is 1.48 bits per heavy atom. The average molecular weight is 313 g/mol. The summed E-state index contributed by atoms with van der Waals surface area (Å²) in [5.41, 5.74) is 0. The summed E-state index contributed by atoms with van der Waals surface area (Å²) in [6.45, 7) is 2.09. The molecule has 114 valence electrons. The van der Waals surface area contributed by atoms with Crippen LogP contribution in [-0.2, 0) is 16.6 Å². The first-order valence-electron chi connectivity index (χ1n) is 6.25. The molecule has 0 amide bonds. The third kappa shape index (κ3) is 3.79. The normalized spacial score (nSPS) is 13.1. The van der Waals surface area contributed by atoms with E-state index in [0.717, 1.165) is 6.07 Å². The number of rotatable bonds is 6. The van der Waals surface area contributed by atoms with Gasteiger partial charge in [0.25, 0.3) is 0 Å². The van der Waals surface area contributed by atoms with Gasteiger partial charge in [-0.2, -0.15) is 5.10 Å². The van der Waals surface area contributed by atoms with Gasteiger partial charge in [0.1, 0.15) is 0 Å². The molecule has 0 spiro atoms. The summed E-state index contributed by atoms with van der Waals surface area (Å²) < 4.78 is 46.8. The number of methoxy groups -OCH3 is 1. The van der Waals surface area contributed by atoms with Crippen LogP contribution in [0.3, 0.4) is 0 Å². The molecule has 0 saturated heterocycles. The minimum atomic E-state index is -3.80. The zero-order valence-electron chi connectivity index (χ0n) is 11.7. The Bertz CT molecular complexity index is 701. The smallest absolute Gasteiger partial charge is 0.240 e. The summed E-state index contributed by atoms with van der Waals surface area (Å²) in [5, 5.41) is 4.00. The molecule has 0 unspecified atom stereocenters. The first-order valence-corrected chi connectivity index (χ1v) is 7.74. The minimum Gasteiger partial charge on any atom is -0.494 e. The van der Waals surface area contributed by atoms with E-state index in [1.54, 1.807) is 30.1 Å². The Morgan fingerprint density at radius 3 is 2.81 bits per heavy atom. The zero-order chi connectivity index (χ0) is 15.5. The van der Waals surface area contributed by atoms with E-state index in [-0.39, 0.29) is 16.7 Å². The molecule has 0 aliphatic carbocycles. The topological polar surface area (TPSA) is 73.2 Å². The molecule has 0 bridgehead atoms. The van der Waals surface area contributed by atoms with Gasteiger partial charge in [0.2, 0.25) is 10.0 Å². The van der Waals surface area contributed by atoms with Crippen LogP contribution in [0.25, 0.3) is 0 Å². The van der Waals surface area contributed by atoms with Gasteiger partial charge >= 0.3 is 0 Å². The second-order valence-corrected chi connectivity index (χ2v) is 6.26. The van der Waals surface area contributed by atoms with E-state index in [1.807, 2.05) is 0 Å². The lowest BCUT2D eigenvalue weighted by Gasteiger charge is -2.14. The number of hydrogen-bond donors (Lipinski definition) is 1. The van der Waals surface area contributed by atoms with Crippen molar-refractivity contribution in [2.75, 3.05) is 7.11 Å². The van der Waals surface area contributed by atoms with Crippen molar-refractivity contribution in [1.82, 2.24) is 14.5 Å². The summed E-state index contributed by atoms with van der Waals surface area (Å²) in [5.74, 6) is -0.723. The highest BCUT2D eigenvalue weighted by molar-refractivity contribution is 7.89. The van der Waals surface area contributed by atoms with Crippen LogP contribution in [0.5, 0.6) is 5.75 Å². The van der Waals surface area contributed by atoms with Crippen LogP contribution in [0.2, 0.25) is 0 Å². The van der Waals surface area contributed by atoms with Crippen LogP contribution in [0.4, 0.5) is 4.39 Å². The van der Waals surface area contributed by atoms with Crippen molar-refractivity contribution < 1.29 is 17.5 Å².